The molecule has 1 aromatic heterocycles. The Morgan fingerprint density at radius 1 is 1.10 bits per heavy atom. The number of carboxylic acid groups (broad SMARTS) is 1. The number of benzene rings is 2. The molecule has 0 fully saturated rings. The fourth-order valence-corrected chi connectivity index (χ4v) is 5.38. The third kappa shape index (κ3) is 3.29. The first-order valence-corrected chi connectivity index (χ1v) is 10.9. The molecule has 3 aromatic rings. The van der Waals surface area contributed by atoms with Gasteiger partial charge < -0.3 is 10.1 Å². The number of imide groups is 1. The van der Waals surface area contributed by atoms with Crippen molar-refractivity contribution in [3.8, 4) is 0 Å². The molecule has 7 nitrogen and oxygen atoms in total. The third-order valence-corrected chi connectivity index (χ3v) is 7.22. The molecule has 154 valence electrons. The Bertz CT molecular complexity index is 1250. The highest BCUT2D eigenvalue weighted by Gasteiger charge is 2.34. The molecule has 2 heterocycles. The van der Waals surface area contributed by atoms with E-state index < -0.39 is 21.8 Å². The first-order chi connectivity index (χ1) is 14.3. The van der Waals surface area contributed by atoms with Gasteiger partial charge in [0.1, 0.15) is 0 Å². The number of aromatic nitrogens is 1. The predicted octanol–water partition coefficient (Wildman–Crippen LogP) is 3.42. The summed E-state index contributed by atoms with van der Waals surface area (Å²) in [6.45, 7) is 1.90. The van der Waals surface area contributed by atoms with Crippen molar-refractivity contribution in [3.05, 3.63) is 82.7 Å². The number of carbonyl (C=O) groups is 2. The Labute approximate surface area is 173 Å². The van der Waals surface area contributed by atoms with Gasteiger partial charge in [0.15, 0.2) is 0 Å². The van der Waals surface area contributed by atoms with Gasteiger partial charge in [0, 0.05) is 30.8 Å². The third-order valence-electron chi connectivity index (χ3n) is 5.35. The van der Waals surface area contributed by atoms with E-state index >= 15 is 0 Å². The van der Waals surface area contributed by atoms with E-state index in [1.165, 1.54) is 0 Å². The molecule has 4 rings (SSSR count). The number of carbonyl (C=O) groups excluding carboxylic acids is 1. The van der Waals surface area contributed by atoms with Gasteiger partial charge in [-0.15, -0.1) is 0 Å². The van der Waals surface area contributed by atoms with Crippen LogP contribution in [0.5, 0.6) is 0 Å². The summed E-state index contributed by atoms with van der Waals surface area (Å²) in [6, 6.07) is 14.9. The Kier molecular flexibility index (Phi) is 4.95. The van der Waals surface area contributed by atoms with Crippen molar-refractivity contribution in [1.82, 2.24) is 9.88 Å². The number of nitrogens with one attached hydrogen (secondary N) is 1. The maximum Gasteiger partial charge on any atom is 0.414 e. The van der Waals surface area contributed by atoms with Gasteiger partial charge in [0.05, 0.1) is 15.4 Å². The van der Waals surface area contributed by atoms with E-state index in [-0.39, 0.29) is 22.8 Å². The predicted molar refractivity (Wildman–Crippen MR) is 109 cm³/mol. The molecule has 0 saturated carbocycles. The number of H-pyrrole nitrogens is 1. The molecule has 0 unspecified atom stereocenters. The molecule has 0 radical (unpaired) electrons. The van der Waals surface area contributed by atoms with Crippen molar-refractivity contribution in [3.63, 3.8) is 0 Å². The molecular formula is C22H20N2O5S. The number of aromatic amines is 1. The summed E-state index contributed by atoms with van der Waals surface area (Å²) in [6.07, 6.45) is -0.695. The van der Waals surface area contributed by atoms with Crippen molar-refractivity contribution in [1.29, 1.82) is 0 Å². The van der Waals surface area contributed by atoms with E-state index in [1.807, 2.05) is 0 Å². The maximum atomic E-state index is 13.2. The number of sulfone groups is 1. The Hall–Kier alpha value is -3.39. The standard InChI is InChI=1S/C22H20N2O5S/c1-14-17(20-18(23-14)11-12-24(21(20)25)22(26)27)13-15-7-5-6-10-19(15)30(28,29)16-8-3-2-4-9-16/h2-10,23H,11-13H2,1H3,(H,26,27). The SMILES string of the molecule is Cc1[nH]c2c(c1Cc1ccccc1S(=O)(=O)c1ccccc1)C(=O)N(C(=O)O)CC2. The second-order valence-corrected chi connectivity index (χ2v) is 9.09. The van der Waals surface area contributed by atoms with Crippen LogP contribution >= 0.6 is 0 Å². The maximum absolute atomic E-state index is 13.2. The summed E-state index contributed by atoms with van der Waals surface area (Å²) in [5, 5.41) is 9.31. The zero-order valence-electron chi connectivity index (χ0n) is 16.3. The molecule has 2 aromatic carbocycles. The zero-order valence-corrected chi connectivity index (χ0v) is 17.1. The largest absolute Gasteiger partial charge is 0.465 e. The van der Waals surface area contributed by atoms with Gasteiger partial charge in [0.25, 0.3) is 5.91 Å². The lowest BCUT2D eigenvalue weighted by atomic mass is 9.97. The van der Waals surface area contributed by atoms with Crippen LogP contribution in [0.25, 0.3) is 0 Å². The summed E-state index contributed by atoms with van der Waals surface area (Å²) < 4.78 is 26.4. The summed E-state index contributed by atoms with van der Waals surface area (Å²) in [7, 11) is -3.74. The number of aryl methyl sites for hydroxylation is 1. The highest BCUT2D eigenvalue weighted by Crippen LogP contribution is 2.31. The first kappa shape index (κ1) is 19.9. The minimum atomic E-state index is -3.74. The topological polar surface area (TPSA) is 108 Å². The smallest absolute Gasteiger partial charge is 0.414 e. The number of amides is 2. The molecule has 8 heteroatoms. The van der Waals surface area contributed by atoms with E-state index in [0.717, 1.165) is 10.6 Å². The lowest BCUT2D eigenvalue weighted by molar-refractivity contribution is 0.0726. The van der Waals surface area contributed by atoms with Crippen LogP contribution in [0, 0.1) is 6.92 Å². The Balaban J connectivity index is 1.79. The summed E-state index contributed by atoms with van der Waals surface area (Å²) >= 11 is 0. The van der Waals surface area contributed by atoms with Gasteiger partial charge in [0.2, 0.25) is 9.84 Å². The van der Waals surface area contributed by atoms with Crippen LogP contribution in [0.2, 0.25) is 0 Å². The molecule has 0 bridgehead atoms. The number of hydrogen-bond donors (Lipinski definition) is 2. The van der Waals surface area contributed by atoms with Crippen molar-refractivity contribution in [2.75, 3.05) is 6.54 Å². The monoisotopic (exact) mass is 424 g/mol. The van der Waals surface area contributed by atoms with Crippen molar-refractivity contribution in [2.24, 2.45) is 0 Å². The van der Waals surface area contributed by atoms with Gasteiger partial charge in [-0.1, -0.05) is 36.4 Å². The summed E-state index contributed by atoms with van der Waals surface area (Å²) in [5.74, 6) is -0.577. The van der Waals surface area contributed by atoms with Crippen molar-refractivity contribution < 1.29 is 23.1 Å². The van der Waals surface area contributed by atoms with Gasteiger partial charge in [-0.25, -0.2) is 18.1 Å². The average Bonchev–Trinajstić information content (AvgIpc) is 3.05. The van der Waals surface area contributed by atoms with Crippen LogP contribution in [0.15, 0.2) is 64.4 Å². The van der Waals surface area contributed by atoms with Crippen LogP contribution in [-0.2, 0) is 22.7 Å². The van der Waals surface area contributed by atoms with Crippen LogP contribution < -0.4 is 0 Å². The van der Waals surface area contributed by atoms with Gasteiger partial charge in [-0.2, -0.15) is 0 Å². The summed E-state index contributed by atoms with van der Waals surface area (Å²) in [5.41, 5.74) is 2.91. The van der Waals surface area contributed by atoms with E-state index in [1.54, 1.807) is 61.5 Å². The fraction of sp³-hybridized carbons (Fsp3) is 0.182. The quantitative estimate of drug-likeness (QED) is 0.667. The van der Waals surface area contributed by atoms with Crippen LogP contribution in [0.1, 0.15) is 32.9 Å². The summed E-state index contributed by atoms with van der Waals surface area (Å²) in [4.78, 5) is 28.5. The number of fused-ring (bicyclic) bond motifs is 1. The highest BCUT2D eigenvalue weighted by molar-refractivity contribution is 7.91. The molecule has 30 heavy (non-hydrogen) atoms. The molecule has 0 atom stereocenters. The Morgan fingerprint density at radius 2 is 1.77 bits per heavy atom. The zero-order chi connectivity index (χ0) is 21.5. The second-order valence-electron chi connectivity index (χ2n) is 7.17. The van der Waals surface area contributed by atoms with E-state index in [4.69, 9.17) is 0 Å². The molecular weight excluding hydrogens is 404 g/mol. The molecule has 2 amide bonds. The molecule has 0 saturated heterocycles. The van der Waals surface area contributed by atoms with E-state index in [2.05, 4.69) is 4.98 Å². The molecule has 0 aliphatic carbocycles. The highest BCUT2D eigenvalue weighted by atomic mass is 32.2. The number of hydrogen-bond acceptors (Lipinski definition) is 4. The normalized spacial score (nSPS) is 13.9. The minimum Gasteiger partial charge on any atom is -0.465 e. The number of nitrogens with zero attached hydrogens (tertiary/aromatic N) is 1. The molecule has 1 aliphatic heterocycles. The molecule has 1 aliphatic rings. The Morgan fingerprint density at radius 3 is 2.47 bits per heavy atom. The molecule has 0 spiro atoms. The van der Waals surface area contributed by atoms with Crippen molar-refractivity contribution >= 4 is 21.8 Å². The first-order valence-electron chi connectivity index (χ1n) is 9.44. The van der Waals surface area contributed by atoms with Gasteiger partial charge in [-0.05, 0) is 36.2 Å². The van der Waals surface area contributed by atoms with Gasteiger partial charge >= 0.3 is 6.09 Å². The van der Waals surface area contributed by atoms with Crippen molar-refractivity contribution in [2.45, 2.75) is 29.6 Å². The van der Waals surface area contributed by atoms with Crippen LogP contribution in [0.3, 0.4) is 0 Å². The average molecular weight is 424 g/mol. The van der Waals surface area contributed by atoms with E-state index in [9.17, 15) is 23.1 Å². The minimum absolute atomic E-state index is 0.0968. The molecule has 2 N–H and O–H groups in total. The lowest BCUT2D eigenvalue weighted by Gasteiger charge is -2.23. The fourth-order valence-electron chi connectivity index (χ4n) is 3.87. The van der Waals surface area contributed by atoms with Crippen LogP contribution in [-0.4, -0.2) is 42.0 Å². The number of rotatable bonds is 4. The second kappa shape index (κ2) is 7.46. The van der Waals surface area contributed by atoms with Gasteiger partial charge in [-0.3, -0.25) is 4.79 Å². The van der Waals surface area contributed by atoms with E-state index in [0.29, 0.717) is 28.8 Å². The van der Waals surface area contributed by atoms with Crippen LogP contribution in [0.4, 0.5) is 4.79 Å². The lowest BCUT2D eigenvalue weighted by Crippen LogP contribution is -2.41.